The third-order valence-corrected chi connectivity index (χ3v) is 2.95. The first kappa shape index (κ1) is 11.5. The SMILES string of the molecule is COc1cc(C(C)(C)CCl)c(Cl)nn1. The Balaban J connectivity index is 3.18. The largest absolute Gasteiger partial charge is 0.480 e. The first-order chi connectivity index (χ1) is 6.51. The molecular weight excluding hydrogens is 223 g/mol. The van der Waals surface area contributed by atoms with Crippen LogP contribution in [0.15, 0.2) is 6.07 Å². The minimum absolute atomic E-state index is 0.234. The molecule has 0 atom stereocenters. The van der Waals surface area contributed by atoms with E-state index in [-0.39, 0.29) is 5.41 Å². The van der Waals surface area contributed by atoms with Crippen molar-refractivity contribution in [1.29, 1.82) is 0 Å². The molecule has 14 heavy (non-hydrogen) atoms. The smallest absolute Gasteiger partial charge is 0.233 e. The fourth-order valence-electron chi connectivity index (χ4n) is 1.01. The summed E-state index contributed by atoms with van der Waals surface area (Å²) in [6, 6.07) is 1.76. The van der Waals surface area contributed by atoms with Crippen molar-refractivity contribution in [1.82, 2.24) is 10.2 Å². The van der Waals surface area contributed by atoms with Crippen LogP contribution in [0.3, 0.4) is 0 Å². The van der Waals surface area contributed by atoms with Gasteiger partial charge in [0.1, 0.15) is 0 Å². The zero-order chi connectivity index (χ0) is 10.8. The van der Waals surface area contributed by atoms with Crippen molar-refractivity contribution in [2.75, 3.05) is 13.0 Å². The molecule has 0 N–H and O–H groups in total. The second-order valence-electron chi connectivity index (χ2n) is 3.61. The molecule has 78 valence electrons. The number of ether oxygens (including phenoxy) is 1. The zero-order valence-electron chi connectivity index (χ0n) is 8.34. The normalized spacial score (nSPS) is 11.5. The fourth-order valence-corrected chi connectivity index (χ4v) is 1.50. The van der Waals surface area contributed by atoms with Gasteiger partial charge in [-0.05, 0) is 0 Å². The summed E-state index contributed by atoms with van der Waals surface area (Å²) in [6.45, 7) is 3.98. The van der Waals surface area contributed by atoms with Gasteiger partial charge in [-0.25, -0.2) is 0 Å². The minimum Gasteiger partial charge on any atom is -0.480 e. The molecule has 1 rings (SSSR count). The van der Waals surface area contributed by atoms with Crippen molar-refractivity contribution >= 4 is 23.2 Å². The number of hydrogen-bond donors (Lipinski definition) is 0. The molecule has 1 aromatic rings. The quantitative estimate of drug-likeness (QED) is 0.755. The van der Waals surface area contributed by atoms with Crippen LogP contribution in [0.2, 0.25) is 5.15 Å². The molecule has 0 aliphatic carbocycles. The van der Waals surface area contributed by atoms with E-state index in [0.29, 0.717) is 16.9 Å². The minimum atomic E-state index is -0.234. The lowest BCUT2D eigenvalue weighted by Crippen LogP contribution is -2.20. The van der Waals surface area contributed by atoms with Crippen LogP contribution in [-0.2, 0) is 5.41 Å². The second-order valence-corrected chi connectivity index (χ2v) is 4.23. The Morgan fingerprint density at radius 3 is 2.57 bits per heavy atom. The Labute approximate surface area is 93.4 Å². The number of halogens is 2. The Bertz CT molecular complexity index is 329. The van der Waals surface area contributed by atoms with Gasteiger partial charge in [0.15, 0.2) is 5.15 Å². The van der Waals surface area contributed by atoms with Crippen LogP contribution in [0.4, 0.5) is 0 Å². The molecule has 5 heteroatoms. The van der Waals surface area contributed by atoms with Gasteiger partial charge in [-0.1, -0.05) is 25.4 Å². The van der Waals surface area contributed by atoms with Gasteiger partial charge in [-0.2, -0.15) is 0 Å². The summed E-state index contributed by atoms with van der Waals surface area (Å²) in [5, 5.41) is 7.93. The van der Waals surface area contributed by atoms with Gasteiger partial charge in [0.05, 0.1) is 7.11 Å². The van der Waals surface area contributed by atoms with E-state index in [1.54, 1.807) is 6.07 Å². The van der Waals surface area contributed by atoms with Crippen LogP contribution in [-0.4, -0.2) is 23.2 Å². The number of aromatic nitrogens is 2. The average molecular weight is 235 g/mol. The number of nitrogens with zero attached hydrogens (tertiary/aromatic N) is 2. The van der Waals surface area contributed by atoms with Crippen LogP contribution in [0.25, 0.3) is 0 Å². The highest BCUT2D eigenvalue weighted by atomic mass is 35.5. The number of hydrogen-bond acceptors (Lipinski definition) is 3. The second kappa shape index (κ2) is 4.32. The molecule has 0 fully saturated rings. The van der Waals surface area contributed by atoms with Crippen molar-refractivity contribution in [2.45, 2.75) is 19.3 Å². The Kier molecular flexibility index (Phi) is 3.56. The highest BCUT2D eigenvalue weighted by Crippen LogP contribution is 2.30. The Morgan fingerprint density at radius 2 is 2.07 bits per heavy atom. The van der Waals surface area contributed by atoms with Crippen molar-refractivity contribution < 1.29 is 4.74 Å². The van der Waals surface area contributed by atoms with Gasteiger partial charge in [-0.3, -0.25) is 0 Å². The molecule has 0 saturated carbocycles. The summed E-state index contributed by atoms with van der Waals surface area (Å²) in [5.41, 5.74) is 0.614. The fraction of sp³-hybridized carbons (Fsp3) is 0.556. The molecule has 0 aliphatic heterocycles. The molecule has 1 aromatic heterocycles. The summed E-state index contributed by atoms with van der Waals surface area (Å²) >= 11 is 11.8. The topological polar surface area (TPSA) is 35.0 Å². The summed E-state index contributed by atoms with van der Waals surface area (Å²) in [4.78, 5) is 0. The van der Waals surface area contributed by atoms with E-state index < -0.39 is 0 Å². The molecule has 0 amide bonds. The number of alkyl halides is 1. The van der Waals surface area contributed by atoms with E-state index in [4.69, 9.17) is 27.9 Å². The Hall–Kier alpha value is -0.540. The zero-order valence-corrected chi connectivity index (χ0v) is 9.85. The van der Waals surface area contributed by atoms with Crippen molar-refractivity contribution in [2.24, 2.45) is 0 Å². The maximum Gasteiger partial charge on any atom is 0.233 e. The van der Waals surface area contributed by atoms with E-state index in [1.165, 1.54) is 7.11 Å². The third-order valence-electron chi connectivity index (χ3n) is 2.00. The molecule has 0 aliphatic rings. The monoisotopic (exact) mass is 234 g/mol. The van der Waals surface area contributed by atoms with Gasteiger partial charge >= 0.3 is 0 Å². The predicted octanol–water partition coefficient (Wildman–Crippen LogP) is 2.66. The molecule has 3 nitrogen and oxygen atoms in total. The van der Waals surface area contributed by atoms with Gasteiger partial charge in [0.2, 0.25) is 5.88 Å². The van der Waals surface area contributed by atoms with E-state index >= 15 is 0 Å². The standard InChI is InChI=1S/C9H12Cl2N2O/c1-9(2,5-10)6-4-7(14-3)12-13-8(6)11/h4H,5H2,1-3H3. The predicted molar refractivity (Wildman–Crippen MR) is 57.3 cm³/mol. The molecule has 0 aromatic carbocycles. The molecule has 0 spiro atoms. The lowest BCUT2D eigenvalue weighted by molar-refractivity contribution is 0.389. The average Bonchev–Trinajstić information content (AvgIpc) is 2.18. The molecule has 0 saturated heterocycles. The molecule has 0 radical (unpaired) electrons. The molecule has 0 unspecified atom stereocenters. The van der Waals surface area contributed by atoms with Crippen LogP contribution in [0.5, 0.6) is 5.88 Å². The van der Waals surface area contributed by atoms with Gasteiger partial charge in [0.25, 0.3) is 0 Å². The maximum atomic E-state index is 5.93. The summed E-state index contributed by atoms with van der Waals surface area (Å²) in [6.07, 6.45) is 0. The molecule has 1 heterocycles. The summed E-state index contributed by atoms with van der Waals surface area (Å²) in [5.74, 6) is 0.907. The number of rotatable bonds is 3. The summed E-state index contributed by atoms with van der Waals surface area (Å²) < 4.78 is 4.97. The lowest BCUT2D eigenvalue weighted by Gasteiger charge is -2.22. The molecule has 0 bridgehead atoms. The van der Waals surface area contributed by atoms with E-state index in [2.05, 4.69) is 10.2 Å². The maximum absolute atomic E-state index is 5.93. The van der Waals surface area contributed by atoms with Gasteiger partial charge < -0.3 is 4.74 Å². The lowest BCUT2D eigenvalue weighted by atomic mass is 9.88. The van der Waals surface area contributed by atoms with Crippen molar-refractivity contribution in [3.05, 3.63) is 16.8 Å². The number of methoxy groups -OCH3 is 1. The van der Waals surface area contributed by atoms with E-state index in [1.807, 2.05) is 13.8 Å². The Morgan fingerprint density at radius 1 is 1.43 bits per heavy atom. The highest BCUT2D eigenvalue weighted by Gasteiger charge is 2.24. The van der Waals surface area contributed by atoms with E-state index in [9.17, 15) is 0 Å². The van der Waals surface area contributed by atoms with Gasteiger partial charge in [0, 0.05) is 22.9 Å². The van der Waals surface area contributed by atoms with E-state index in [0.717, 1.165) is 5.56 Å². The van der Waals surface area contributed by atoms with Crippen LogP contribution in [0.1, 0.15) is 19.4 Å². The first-order valence-electron chi connectivity index (χ1n) is 4.15. The van der Waals surface area contributed by atoms with Crippen LogP contribution < -0.4 is 4.74 Å². The first-order valence-corrected chi connectivity index (χ1v) is 5.06. The van der Waals surface area contributed by atoms with Crippen LogP contribution in [0, 0.1) is 0 Å². The van der Waals surface area contributed by atoms with Crippen molar-refractivity contribution in [3.8, 4) is 5.88 Å². The highest BCUT2D eigenvalue weighted by molar-refractivity contribution is 6.30. The van der Waals surface area contributed by atoms with Gasteiger partial charge in [-0.15, -0.1) is 21.8 Å². The summed E-state index contributed by atoms with van der Waals surface area (Å²) in [7, 11) is 1.54. The third kappa shape index (κ3) is 2.28. The van der Waals surface area contributed by atoms with Crippen LogP contribution >= 0.6 is 23.2 Å². The molecular formula is C9H12Cl2N2O. The van der Waals surface area contributed by atoms with Crippen molar-refractivity contribution in [3.63, 3.8) is 0 Å².